The second-order valence-electron chi connectivity index (χ2n) is 5.32. The molecule has 0 spiro atoms. The standard InChI is InChI=1S/C18H16ClFN2O4/c1-11(17(24)21-22-18(25)12-6-3-2-4-7-12)26-16(23)10-13-14(19)8-5-9-15(13)20/h2-9,11H,10H2,1H3,(H,21,24)(H,22,25)/t11-/m1/s1. The van der Waals surface area contributed by atoms with Crippen LogP contribution in [0.4, 0.5) is 4.39 Å². The van der Waals surface area contributed by atoms with Crippen LogP contribution < -0.4 is 10.9 Å². The molecule has 136 valence electrons. The van der Waals surface area contributed by atoms with Gasteiger partial charge in [-0.2, -0.15) is 0 Å². The monoisotopic (exact) mass is 378 g/mol. The van der Waals surface area contributed by atoms with Crippen molar-refractivity contribution in [3.8, 4) is 0 Å². The zero-order valence-electron chi connectivity index (χ0n) is 13.8. The Bertz CT molecular complexity index is 794. The number of hydrogen-bond acceptors (Lipinski definition) is 4. The third-order valence-corrected chi connectivity index (χ3v) is 3.75. The summed E-state index contributed by atoms with van der Waals surface area (Å²) in [4.78, 5) is 35.6. The molecule has 0 aliphatic heterocycles. The molecule has 2 rings (SSSR count). The van der Waals surface area contributed by atoms with Gasteiger partial charge in [-0.3, -0.25) is 25.2 Å². The Balaban J connectivity index is 1.84. The molecule has 0 saturated carbocycles. The highest BCUT2D eigenvalue weighted by molar-refractivity contribution is 6.31. The van der Waals surface area contributed by atoms with E-state index in [4.69, 9.17) is 16.3 Å². The van der Waals surface area contributed by atoms with Gasteiger partial charge in [0.2, 0.25) is 0 Å². The SMILES string of the molecule is C[C@@H](OC(=O)Cc1c(F)cccc1Cl)C(=O)NNC(=O)c1ccccc1. The molecule has 2 N–H and O–H groups in total. The molecule has 0 aliphatic rings. The highest BCUT2D eigenvalue weighted by Gasteiger charge is 2.20. The summed E-state index contributed by atoms with van der Waals surface area (Å²) >= 11 is 5.84. The first-order valence-corrected chi connectivity index (χ1v) is 8.04. The number of carbonyl (C=O) groups excluding carboxylic acids is 3. The first kappa shape index (κ1) is 19.4. The molecule has 8 heteroatoms. The highest BCUT2D eigenvalue weighted by Crippen LogP contribution is 2.19. The van der Waals surface area contributed by atoms with Gasteiger partial charge in [-0.05, 0) is 31.2 Å². The lowest BCUT2D eigenvalue weighted by atomic mass is 10.1. The lowest BCUT2D eigenvalue weighted by Crippen LogP contribution is -2.46. The zero-order valence-corrected chi connectivity index (χ0v) is 14.5. The van der Waals surface area contributed by atoms with E-state index in [1.165, 1.54) is 25.1 Å². The Labute approximate surface area is 154 Å². The minimum absolute atomic E-state index is 0.0100. The molecule has 0 unspecified atom stereocenters. The third-order valence-electron chi connectivity index (χ3n) is 3.40. The number of benzene rings is 2. The quantitative estimate of drug-likeness (QED) is 0.618. The molecule has 0 aliphatic carbocycles. The minimum atomic E-state index is -1.19. The largest absolute Gasteiger partial charge is 0.452 e. The Kier molecular flexibility index (Phi) is 6.68. The molecule has 0 saturated heterocycles. The zero-order chi connectivity index (χ0) is 19.1. The molecular formula is C18H16ClFN2O4. The smallest absolute Gasteiger partial charge is 0.311 e. The van der Waals surface area contributed by atoms with Gasteiger partial charge >= 0.3 is 5.97 Å². The van der Waals surface area contributed by atoms with E-state index in [1.54, 1.807) is 30.3 Å². The average molecular weight is 379 g/mol. The van der Waals surface area contributed by atoms with Gasteiger partial charge in [0.15, 0.2) is 6.10 Å². The van der Waals surface area contributed by atoms with Crippen molar-refractivity contribution in [3.05, 3.63) is 70.5 Å². The summed E-state index contributed by atoms with van der Waals surface area (Å²) in [6.07, 6.45) is -1.61. The summed E-state index contributed by atoms with van der Waals surface area (Å²) in [5.41, 5.74) is 4.71. The lowest BCUT2D eigenvalue weighted by Gasteiger charge is -2.14. The highest BCUT2D eigenvalue weighted by atomic mass is 35.5. The maximum atomic E-state index is 13.7. The van der Waals surface area contributed by atoms with Crippen LogP contribution in [0.25, 0.3) is 0 Å². The van der Waals surface area contributed by atoms with Crippen molar-refractivity contribution in [2.45, 2.75) is 19.4 Å². The van der Waals surface area contributed by atoms with Crippen molar-refractivity contribution in [2.75, 3.05) is 0 Å². The van der Waals surface area contributed by atoms with Gasteiger partial charge in [0.1, 0.15) is 5.82 Å². The van der Waals surface area contributed by atoms with E-state index in [2.05, 4.69) is 10.9 Å². The van der Waals surface area contributed by atoms with Crippen molar-refractivity contribution in [1.82, 2.24) is 10.9 Å². The molecule has 0 aromatic heterocycles. The first-order valence-electron chi connectivity index (χ1n) is 7.66. The van der Waals surface area contributed by atoms with Gasteiger partial charge < -0.3 is 4.74 Å². The molecule has 0 heterocycles. The predicted molar refractivity (Wildman–Crippen MR) is 92.7 cm³/mol. The number of esters is 1. The van der Waals surface area contributed by atoms with Gasteiger partial charge in [-0.15, -0.1) is 0 Å². The fourth-order valence-electron chi connectivity index (χ4n) is 2.02. The average Bonchev–Trinajstić information content (AvgIpc) is 2.63. The molecule has 2 aromatic rings. The van der Waals surface area contributed by atoms with E-state index in [9.17, 15) is 18.8 Å². The number of ether oxygens (including phenoxy) is 1. The summed E-state index contributed by atoms with van der Waals surface area (Å²) in [5, 5.41) is 0.0918. The van der Waals surface area contributed by atoms with Crippen LogP contribution in [-0.2, 0) is 20.7 Å². The topological polar surface area (TPSA) is 84.5 Å². The first-order chi connectivity index (χ1) is 12.4. The van der Waals surface area contributed by atoms with Crippen molar-refractivity contribution in [3.63, 3.8) is 0 Å². The Morgan fingerprint density at radius 1 is 1.08 bits per heavy atom. The van der Waals surface area contributed by atoms with Crippen LogP contribution in [0.15, 0.2) is 48.5 Å². The predicted octanol–water partition coefficient (Wildman–Crippen LogP) is 2.41. The number of amides is 2. The Morgan fingerprint density at radius 3 is 2.42 bits per heavy atom. The molecule has 0 fully saturated rings. The van der Waals surface area contributed by atoms with E-state index in [1.807, 2.05) is 0 Å². The van der Waals surface area contributed by atoms with E-state index < -0.39 is 36.1 Å². The van der Waals surface area contributed by atoms with Gasteiger partial charge in [0, 0.05) is 16.1 Å². The number of halogens is 2. The Hall–Kier alpha value is -2.93. The maximum absolute atomic E-state index is 13.7. The summed E-state index contributed by atoms with van der Waals surface area (Å²) in [6, 6.07) is 12.3. The molecule has 0 radical (unpaired) electrons. The van der Waals surface area contributed by atoms with Crippen molar-refractivity contribution in [2.24, 2.45) is 0 Å². The van der Waals surface area contributed by atoms with E-state index in [-0.39, 0.29) is 10.6 Å². The van der Waals surface area contributed by atoms with Crippen LogP contribution >= 0.6 is 11.6 Å². The molecule has 1 atom stereocenters. The van der Waals surface area contributed by atoms with Crippen molar-refractivity contribution in [1.29, 1.82) is 0 Å². The number of rotatable bonds is 5. The van der Waals surface area contributed by atoms with Gasteiger partial charge in [0.05, 0.1) is 6.42 Å². The molecule has 2 aromatic carbocycles. The lowest BCUT2D eigenvalue weighted by molar-refractivity contribution is -0.154. The van der Waals surface area contributed by atoms with Crippen LogP contribution in [0.3, 0.4) is 0 Å². The number of hydrazine groups is 1. The fourth-order valence-corrected chi connectivity index (χ4v) is 2.25. The van der Waals surface area contributed by atoms with Gasteiger partial charge in [0.25, 0.3) is 11.8 Å². The van der Waals surface area contributed by atoms with E-state index in [0.29, 0.717) is 5.56 Å². The third kappa shape index (κ3) is 5.29. The summed E-state index contributed by atoms with van der Waals surface area (Å²) in [5.74, 6) is -2.71. The van der Waals surface area contributed by atoms with Crippen LogP contribution in [0.2, 0.25) is 5.02 Å². The van der Waals surface area contributed by atoms with Crippen LogP contribution in [-0.4, -0.2) is 23.9 Å². The Morgan fingerprint density at radius 2 is 1.77 bits per heavy atom. The maximum Gasteiger partial charge on any atom is 0.311 e. The van der Waals surface area contributed by atoms with Crippen LogP contribution in [0, 0.1) is 5.82 Å². The molecule has 26 heavy (non-hydrogen) atoms. The molecular weight excluding hydrogens is 363 g/mol. The number of hydrogen-bond donors (Lipinski definition) is 2. The van der Waals surface area contributed by atoms with E-state index >= 15 is 0 Å². The second kappa shape index (κ2) is 8.96. The molecule has 6 nitrogen and oxygen atoms in total. The fraction of sp³-hybridized carbons (Fsp3) is 0.167. The van der Waals surface area contributed by atoms with Gasteiger partial charge in [-0.1, -0.05) is 35.9 Å². The summed E-state index contributed by atoms with van der Waals surface area (Å²) in [6.45, 7) is 1.32. The normalized spacial score (nSPS) is 11.3. The van der Waals surface area contributed by atoms with E-state index in [0.717, 1.165) is 0 Å². The van der Waals surface area contributed by atoms with Crippen molar-refractivity contribution < 1.29 is 23.5 Å². The van der Waals surface area contributed by atoms with Crippen LogP contribution in [0.5, 0.6) is 0 Å². The minimum Gasteiger partial charge on any atom is -0.452 e. The summed E-state index contributed by atoms with van der Waals surface area (Å²) < 4.78 is 18.6. The van der Waals surface area contributed by atoms with Crippen LogP contribution in [0.1, 0.15) is 22.8 Å². The second-order valence-corrected chi connectivity index (χ2v) is 5.73. The molecule has 2 amide bonds. The summed E-state index contributed by atoms with van der Waals surface area (Å²) in [7, 11) is 0. The van der Waals surface area contributed by atoms with Gasteiger partial charge in [-0.25, -0.2) is 4.39 Å². The van der Waals surface area contributed by atoms with Crippen molar-refractivity contribution >= 4 is 29.4 Å². The number of nitrogens with one attached hydrogen (secondary N) is 2. The number of carbonyl (C=O) groups is 3. The molecule has 0 bridgehead atoms.